The summed E-state index contributed by atoms with van der Waals surface area (Å²) >= 11 is 0. The molecule has 44 heavy (non-hydrogen) atoms. The molecule has 4 aliphatic carbocycles. The highest BCUT2D eigenvalue weighted by Crippen LogP contribution is 2.65. The lowest BCUT2D eigenvalue weighted by atomic mass is 9.44. The highest BCUT2D eigenvalue weighted by atomic mass is 16.3. The number of aliphatic hydroxyl groups is 3. The molecule has 0 saturated carbocycles. The number of allylic oxidation sites excluding steroid dienone is 2. The fourth-order valence-corrected chi connectivity index (χ4v) is 9.30. The van der Waals surface area contributed by atoms with Crippen molar-refractivity contribution in [1.29, 1.82) is 0 Å². The van der Waals surface area contributed by atoms with Crippen LogP contribution in [-0.2, 0) is 28.9 Å². The average molecular weight is 599 g/mol. The van der Waals surface area contributed by atoms with Crippen molar-refractivity contribution in [2.24, 2.45) is 22.7 Å². The lowest BCUT2D eigenvalue weighted by Gasteiger charge is -2.59. The number of carbonyl (C=O) groups is 3. The van der Waals surface area contributed by atoms with Gasteiger partial charge in [0.2, 0.25) is 5.78 Å². The monoisotopic (exact) mass is 598 g/mol. The zero-order chi connectivity index (χ0) is 32.3. The van der Waals surface area contributed by atoms with E-state index in [4.69, 9.17) is 0 Å². The molecule has 4 aliphatic rings. The predicted molar refractivity (Wildman–Crippen MR) is 167 cm³/mol. The van der Waals surface area contributed by atoms with Gasteiger partial charge in [-0.25, -0.2) is 0 Å². The van der Waals surface area contributed by atoms with Crippen LogP contribution in [0.3, 0.4) is 0 Å². The third-order valence-corrected chi connectivity index (χ3v) is 11.1. The third kappa shape index (κ3) is 3.74. The predicted octanol–water partition coefficient (Wildman–Crippen LogP) is 6.63. The molecule has 0 radical (unpaired) electrons. The molecule has 7 heteroatoms. The Morgan fingerprint density at radius 3 is 2.25 bits per heavy atom. The van der Waals surface area contributed by atoms with Crippen molar-refractivity contribution in [3.05, 3.63) is 74.7 Å². The highest BCUT2D eigenvalue weighted by Gasteiger charge is 2.71. The van der Waals surface area contributed by atoms with Crippen LogP contribution in [0.2, 0.25) is 0 Å². The second-order valence-corrected chi connectivity index (χ2v) is 14.7. The van der Waals surface area contributed by atoms with Crippen molar-refractivity contribution in [3.8, 4) is 16.9 Å². The number of hydrogen-bond acceptors (Lipinski definition) is 7. The standard InChI is InChI=1S/C37H42O7/c1-17(2)23-14-24(22-12-11-20-9-8-10-21(20)13-22)30(39)27-25(23)15-35(6)16-36(7)28(18(3)4)31(40)26(19(5)38)33(42)37(36,44)34(43)29(35)32(27)41/h11-14,17-18,28,39-40,43-44H,8-10,15-16H2,1-7H3/t28?,35-,36-,37+/m1/s1. The number of aliphatic hydroxyl groups excluding tert-OH is 2. The van der Waals surface area contributed by atoms with E-state index in [1.54, 1.807) is 6.92 Å². The van der Waals surface area contributed by atoms with Gasteiger partial charge in [0.1, 0.15) is 22.8 Å². The van der Waals surface area contributed by atoms with Crippen molar-refractivity contribution < 1.29 is 34.8 Å². The summed E-state index contributed by atoms with van der Waals surface area (Å²) in [6, 6.07) is 8.08. The van der Waals surface area contributed by atoms with Crippen molar-refractivity contribution >= 4 is 17.3 Å². The molecule has 0 aliphatic heterocycles. The molecule has 2 aromatic rings. The molecule has 0 amide bonds. The number of phenols is 1. The van der Waals surface area contributed by atoms with Gasteiger partial charge in [0.05, 0.1) is 5.56 Å². The van der Waals surface area contributed by atoms with Crippen molar-refractivity contribution in [3.63, 3.8) is 0 Å². The second kappa shape index (κ2) is 9.64. The maximum Gasteiger partial charge on any atom is 0.209 e. The summed E-state index contributed by atoms with van der Waals surface area (Å²) in [5.74, 6) is -4.98. The normalized spacial score (nSPS) is 29.6. The number of ketones is 3. The van der Waals surface area contributed by atoms with E-state index in [0.717, 1.165) is 37.3 Å². The molecule has 6 rings (SSSR count). The summed E-state index contributed by atoms with van der Waals surface area (Å²) in [6.07, 6.45) is 3.40. The van der Waals surface area contributed by atoms with Gasteiger partial charge in [-0.1, -0.05) is 59.7 Å². The molecule has 7 nitrogen and oxygen atoms in total. The molecule has 0 spiro atoms. The SMILES string of the molecule is CC(=O)C1=C(O)C(C(C)C)[C@@]2(C)C[C@@]3(C)Cc4c(C(C)C)cc(-c5ccc6c(c5)CCC6)c(O)c4C(=O)C3=C(O)[C@@]2(O)C1=O. The number of benzene rings is 2. The average Bonchev–Trinajstić information content (AvgIpc) is 3.38. The maximum atomic E-state index is 14.6. The number of hydrogen-bond donors (Lipinski definition) is 4. The van der Waals surface area contributed by atoms with Crippen LogP contribution in [0.25, 0.3) is 11.1 Å². The van der Waals surface area contributed by atoms with Crippen molar-refractivity contribution in [2.75, 3.05) is 0 Å². The number of aromatic hydroxyl groups is 1. The van der Waals surface area contributed by atoms with Crippen molar-refractivity contribution in [1.82, 2.24) is 0 Å². The van der Waals surface area contributed by atoms with Gasteiger partial charge in [-0.05, 0) is 84.7 Å². The van der Waals surface area contributed by atoms with Gasteiger partial charge < -0.3 is 20.4 Å². The van der Waals surface area contributed by atoms with Gasteiger partial charge in [0.25, 0.3) is 0 Å². The first-order valence-corrected chi connectivity index (χ1v) is 15.7. The van der Waals surface area contributed by atoms with E-state index >= 15 is 0 Å². The fraction of sp³-hybridized carbons (Fsp3) is 0.486. The van der Waals surface area contributed by atoms with Crippen LogP contribution in [0.1, 0.15) is 99.8 Å². The Bertz CT molecular complexity index is 1740. The summed E-state index contributed by atoms with van der Waals surface area (Å²) in [4.78, 5) is 41.2. The number of rotatable bonds is 4. The molecular formula is C37H42O7. The molecule has 4 atom stereocenters. The van der Waals surface area contributed by atoms with Gasteiger partial charge in [-0.3, -0.25) is 14.4 Å². The first-order valence-electron chi connectivity index (χ1n) is 15.7. The molecule has 232 valence electrons. The minimum Gasteiger partial charge on any atom is -0.511 e. The lowest BCUT2D eigenvalue weighted by Crippen LogP contribution is -2.67. The van der Waals surface area contributed by atoms with Crippen LogP contribution >= 0.6 is 0 Å². The molecular weight excluding hydrogens is 556 g/mol. The topological polar surface area (TPSA) is 132 Å². The molecule has 2 aromatic carbocycles. The van der Waals surface area contributed by atoms with E-state index in [0.29, 0.717) is 11.1 Å². The second-order valence-electron chi connectivity index (χ2n) is 14.7. The zero-order valence-electron chi connectivity index (χ0n) is 26.6. The van der Waals surface area contributed by atoms with Gasteiger partial charge in [-0.2, -0.15) is 0 Å². The highest BCUT2D eigenvalue weighted by molar-refractivity contribution is 6.25. The van der Waals surface area contributed by atoms with Crippen LogP contribution in [0.15, 0.2) is 46.9 Å². The summed E-state index contributed by atoms with van der Waals surface area (Å²) in [7, 11) is 0. The van der Waals surface area contributed by atoms with E-state index in [1.165, 1.54) is 11.1 Å². The maximum absolute atomic E-state index is 14.6. The van der Waals surface area contributed by atoms with Crippen LogP contribution in [0.5, 0.6) is 5.75 Å². The minimum absolute atomic E-state index is 0.00827. The molecule has 4 N–H and O–H groups in total. The van der Waals surface area contributed by atoms with E-state index < -0.39 is 51.0 Å². The van der Waals surface area contributed by atoms with E-state index in [1.807, 2.05) is 46.8 Å². The Kier molecular flexibility index (Phi) is 6.65. The number of phenolic OH excluding ortho intramolecular Hbond substituents is 1. The first kappa shape index (κ1) is 30.3. The fourth-order valence-electron chi connectivity index (χ4n) is 9.30. The van der Waals surface area contributed by atoms with Gasteiger partial charge in [-0.15, -0.1) is 0 Å². The Labute approximate surface area is 258 Å². The van der Waals surface area contributed by atoms with E-state index in [9.17, 15) is 34.8 Å². The Hall–Kier alpha value is -3.71. The quantitative estimate of drug-likeness (QED) is 0.291. The van der Waals surface area contributed by atoms with Crippen LogP contribution in [0.4, 0.5) is 0 Å². The molecule has 0 saturated heterocycles. The summed E-state index contributed by atoms with van der Waals surface area (Å²) in [5, 5.41) is 47.4. The van der Waals surface area contributed by atoms with E-state index in [-0.39, 0.29) is 47.3 Å². The van der Waals surface area contributed by atoms with Gasteiger partial charge in [0.15, 0.2) is 17.2 Å². The van der Waals surface area contributed by atoms with Crippen LogP contribution in [0, 0.1) is 22.7 Å². The van der Waals surface area contributed by atoms with E-state index in [2.05, 4.69) is 12.1 Å². The third-order valence-electron chi connectivity index (χ3n) is 11.1. The van der Waals surface area contributed by atoms with Gasteiger partial charge in [0, 0.05) is 27.9 Å². The number of fused-ring (bicyclic) bond motifs is 4. The molecule has 0 aromatic heterocycles. The smallest absolute Gasteiger partial charge is 0.209 e. The molecule has 0 bridgehead atoms. The Balaban J connectivity index is 1.62. The number of Topliss-reactive ketones (excluding diaryl/α,β-unsaturated/α-hetero) is 3. The lowest BCUT2D eigenvalue weighted by molar-refractivity contribution is -0.171. The number of aryl methyl sites for hydroxylation is 2. The van der Waals surface area contributed by atoms with Crippen LogP contribution in [-0.4, -0.2) is 43.4 Å². The molecule has 0 heterocycles. The summed E-state index contributed by atoms with van der Waals surface area (Å²) < 4.78 is 0. The Morgan fingerprint density at radius 1 is 0.977 bits per heavy atom. The summed E-state index contributed by atoms with van der Waals surface area (Å²) in [5.41, 5.74) is -0.250. The Morgan fingerprint density at radius 2 is 1.64 bits per heavy atom. The van der Waals surface area contributed by atoms with Crippen molar-refractivity contribution in [2.45, 2.75) is 92.1 Å². The van der Waals surface area contributed by atoms with Gasteiger partial charge >= 0.3 is 0 Å². The largest absolute Gasteiger partial charge is 0.511 e. The van der Waals surface area contributed by atoms with Crippen LogP contribution < -0.4 is 0 Å². The zero-order valence-corrected chi connectivity index (χ0v) is 26.6. The summed E-state index contributed by atoms with van der Waals surface area (Å²) in [6.45, 7) is 12.4. The minimum atomic E-state index is -2.62. The number of carbonyl (C=O) groups excluding carboxylic acids is 3. The molecule has 0 fully saturated rings. The first-order chi connectivity index (χ1) is 20.5. The molecule has 1 unspecified atom stereocenters.